The lowest BCUT2D eigenvalue weighted by Crippen LogP contribution is -2.29. The first kappa shape index (κ1) is 17.0. The number of fused-ring (bicyclic) bond motifs is 1. The molecule has 0 radical (unpaired) electrons. The molecule has 7 heteroatoms. The van der Waals surface area contributed by atoms with Crippen molar-refractivity contribution in [2.75, 3.05) is 11.9 Å². The van der Waals surface area contributed by atoms with Crippen molar-refractivity contribution in [3.8, 4) is 5.75 Å². The van der Waals surface area contributed by atoms with Crippen molar-refractivity contribution in [2.45, 2.75) is 39.7 Å². The second kappa shape index (κ2) is 6.58. The van der Waals surface area contributed by atoms with Gasteiger partial charge in [0.25, 0.3) is 11.8 Å². The molecule has 0 saturated heterocycles. The summed E-state index contributed by atoms with van der Waals surface area (Å²) >= 11 is 0. The van der Waals surface area contributed by atoms with Crippen LogP contribution in [-0.2, 0) is 4.79 Å². The Morgan fingerprint density at radius 3 is 2.80 bits per heavy atom. The van der Waals surface area contributed by atoms with Crippen molar-refractivity contribution >= 4 is 17.5 Å². The Morgan fingerprint density at radius 2 is 2.08 bits per heavy atom. The van der Waals surface area contributed by atoms with Gasteiger partial charge >= 0.3 is 0 Å². The Bertz CT molecular complexity index is 826. The van der Waals surface area contributed by atoms with Gasteiger partial charge in [-0.1, -0.05) is 25.1 Å². The summed E-state index contributed by atoms with van der Waals surface area (Å²) in [6, 6.07) is 5.20. The third-order valence-corrected chi connectivity index (χ3v) is 4.12. The van der Waals surface area contributed by atoms with Crippen LogP contribution in [0, 0.1) is 6.92 Å². The second-order valence-corrected chi connectivity index (χ2v) is 6.45. The molecule has 0 spiro atoms. The normalized spacial score (nSPS) is 14.5. The molecule has 2 heterocycles. The van der Waals surface area contributed by atoms with Crippen molar-refractivity contribution in [1.82, 2.24) is 10.5 Å². The number of carbonyl (C=O) groups is 2. The van der Waals surface area contributed by atoms with E-state index in [1.165, 1.54) is 0 Å². The predicted molar refractivity (Wildman–Crippen MR) is 91.8 cm³/mol. The molecule has 3 rings (SSSR count). The van der Waals surface area contributed by atoms with E-state index in [1.54, 1.807) is 19.1 Å². The number of hydrogen-bond acceptors (Lipinski definition) is 5. The summed E-state index contributed by atoms with van der Waals surface area (Å²) in [7, 11) is 0. The first-order valence-corrected chi connectivity index (χ1v) is 8.20. The first-order valence-electron chi connectivity index (χ1n) is 8.20. The molecule has 1 aliphatic heterocycles. The highest BCUT2D eigenvalue weighted by Crippen LogP contribution is 2.31. The van der Waals surface area contributed by atoms with Crippen LogP contribution in [0.5, 0.6) is 5.75 Å². The molecule has 0 aliphatic carbocycles. The smallest absolute Gasteiger partial charge is 0.262 e. The van der Waals surface area contributed by atoms with E-state index in [0.29, 0.717) is 28.5 Å². The number of amides is 2. The van der Waals surface area contributed by atoms with E-state index in [4.69, 9.17) is 9.26 Å². The van der Waals surface area contributed by atoms with Gasteiger partial charge in [-0.05, 0) is 31.5 Å². The number of aromatic nitrogens is 1. The number of nitrogens with zero attached hydrogens (tertiary/aromatic N) is 1. The molecule has 7 nitrogen and oxygen atoms in total. The topological polar surface area (TPSA) is 93.5 Å². The van der Waals surface area contributed by atoms with E-state index in [1.807, 2.05) is 26.8 Å². The lowest BCUT2D eigenvalue weighted by atomic mass is 10.0. The lowest BCUT2D eigenvalue weighted by Gasteiger charge is -2.21. The first-order chi connectivity index (χ1) is 11.9. The zero-order chi connectivity index (χ0) is 18.1. The number of carbonyl (C=O) groups excluding carboxylic acids is 2. The number of nitrogens with one attached hydrogen (secondary N) is 2. The maximum absolute atomic E-state index is 12.7. The molecule has 1 aliphatic rings. The second-order valence-electron chi connectivity index (χ2n) is 6.45. The average Bonchev–Trinajstić information content (AvgIpc) is 2.96. The standard InChI is InChI=1S/C18H21N3O4/c1-9(2)17-16(11(4)21-25-17)18(23)19-10(3)12-5-6-14-13(7-12)20-15(22)8-24-14/h5-7,9-10H,8H2,1-4H3,(H,19,23)(H,20,22)/t10-/m0/s1. The van der Waals surface area contributed by atoms with Crippen LogP contribution in [0.4, 0.5) is 5.69 Å². The summed E-state index contributed by atoms with van der Waals surface area (Å²) in [5, 5.41) is 9.63. The van der Waals surface area contributed by atoms with Crippen molar-refractivity contribution in [2.24, 2.45) is 0 Å². The zero-order valence-corrected chi connectivity index (χ0v) is 14.7. The van der Waals surface area contributed by atoms with Crippen LogP contribution in [0.25, 0.3) is 0 Å². The fraction of sp³-hybridized carbons (Fsp3) is 0.389. The molecule has 0 bridgehead atoms. The van der Waals surface area contributed by atoms with E-state index < -0.39 is 0 Å². The van der Waals surface area contributed by atoms with Gasteiger partial charge in [0.15, 0.2) is 12.4 Å². The van der Waals surface area contributed by atoms with Gasteiger partial charge in [-0.25, -0.2) is 0 Å². The van der Waals surface area contributed by atoms with E-state index >= 15 is 0 Å². The molecule has 2 aromatic rings. The van der Waals surface area contributed by atoms with Gasteiger partial charge < -0.3 is 19.9 Å². The zero-order valence-electron chi connectivity index (χ0n) is 14.7. The van der Waals surface area contributed by atoms with Crippen LogP contribution >= 0.6 is 0 Å². The van der Waals surface area contributed by atoms with Gasteiger partial charge in [0.2, 0.25) is 0 Å². The summed E-state index contributed by atoms with van der Waals surface area (Å²) in [5.41, 5.74) is 2.52. The number of benzene rings is 1. The molecule has 2 amide bonds. The third kappa shape index (κ3) is 3.35. The quantitative estimate of drug-likeness (QED) is 0.890. The van der Waals surface area contributed by atoms with Gasteiger partial charge in [-0.3, -0.25) is 9.59 Å². The van der Waals surface area contributed by atoms with E-state index in [0.717, 1.165) is 5.56 Å². The summed E-state index contributed by atoms with van der Waals surface area (Å²) in [5.74, 6) is 0.844. The van der Waals surface area contributed by atoms with Crippen LogP contribution < -0.4 is 15.4 Å². The molecule has 1 atom stereocenters. The fourth-order valence-corrected chi connectivity index (χ4v) is 2.78. The Morgan fingerprint density at radius 1 is 1.32 bits per heavy atom. The molecule has 0 fully saturated rings. The summed E-state index contributed by atoms with van der Waals surface area (Å²) in [6.45, 7) is 7.55. The van der Waals surface area contributed by atoms with Crippen molar-refractivity contribution in [3.63, 3.8) is 0 Å². The van der Waals surface area contributed by atoms with Gasteiger partial charge in [0.1, 0.15) is 11.3 Å². The van der Waals surface area contributed by atoms with Gasteiger partial charge in [-0.2, -0.15) is 0 Å². The fourth-order valence-electron chi connectivity index (χ4n) is 2.78. The Kier molecular flexibility index (Phi) is 4.48. The number of aryl methyl sites for hydroxylation is 1. The molecular formula is C18H21N3O4. The maximum Gasteiger partial charge on any atom is 0.262 e. The predicted octanol–water partition coefficient (Wildman–Crippen LogP) is 2.93. The van der Waals surface area contributed by atoms with Crippen molar-refractivity contribution < 1.29 is 18.8 Å². The molecule has 25 heavy (non-hydrogen) atoms. The van der Waals surface area contributed by atoms with Crippen LogP contribution in [0.1, 0.15) is 60.1 Å². The van der Waals surface area contributed by atoms with Crippen LogP contribution in [0.3, 0.4) is 0 Å². The van der Waals surface area contributed by atoms with Crippen LogP contribution in [0.2, 0.25) is 0 Å². The van der Waals surface area contributed by atoms with Crippen LogP contribution in [0.15, 0.2) is 22.7 Å². The highest BCUT2D eigenvalue weighted by atomic mass is 16.5. The third-order valence-electron chi connectivity index (χ3n) is 4.12. The number of anilines is 1. The van der Waals surface area contributed by atoms with E-state index in [2.05, 4.69) is 15.8 Å². The minimum atomic E-state index is -0.258. The van der Waals surface area contributed by atoms with Crippen LogP contribution in [-0.4, -0.2) is 23.6 Å². The van der Waals surface area contributed by atoms with Crippen molar-refractivity contribution in [1.29, 1.82) is 0 Å². The summed E-state index contributed by atoms with van der Waals surface area (Å²) in [6.07, 6.45) is 0. The SMILES string of the molecule is Cc1noc(C(C)C)c1C(=O)N[C@@H](C)c1ccc2c(c1)NC(=O)CO2. The molecule has 132 valence electrons. The molecule has 2 N–H and O–H groups in total. The minimum absolute atomic E-state index is 0.0172. The van der Waals surface area contributed by atoms with Gasteiger partial charge in [0.05, 0.1) is 17.4 Å². The highest BCUT2D eigenvalue weighted by Gasteiger charge is 2.24. The number of rotatable bonds is 4. The van der Waals surface area contributed by atoms with Gasteiger partial charge in [0, 0.05) is 5.92 Å². The van der Waals surface area contributed by atoms with Gasteiger partial charge in [-0.15, -0.1) is 0 Å². The Labute approximate surface area is 145 Å². The maximum atomic E-state index is 12.7. The molecule has 0 saturated carbocycles. The Hall–Kier alpha value is -2.83. The Balaban J connectivity index is 1.80. The lowest BCUT2D eigenvalue weighted by molar-refractivity contribution is -0.118. The molecule has 1 aromatic carbocycles. The minimum Gasteiger partial charge on any atom is -0.482 e. The number of hydrogen-bond donors (Lipinski definition) is 2. The van der Waals surface area contributed by atoms with E-state index in [-0.39, 0.29) is 30.4 Å². The average molecular weight is 343 g/mol. The summed E-state index contributed by atoms with van der Waals surface area (Å²) in [4.78, 5) is 24.1. The molecule has 0 unspecified atom stereocenters. The summed E-state index contributed by atoms with van der Waals surface area (Å²) < 4.78 is 10.6. The highest BCUT2D eigenvalue weighted by molar-refractivity contribution is 5.97. The largest absolute Gasteiger partial charge is 0.482 e. The van der Waals surface area contributed by atoms with E-state index in [9.17, 15) is 9.59 Å². The van der Waals surface area contributed by atoms with Crippen molar-refractivity contribution in [3.05, 3.63) is 40.8 Å². The molecule has 1 aromatic heterocycles. The number of ether oxygens (including phenoxy) is 1. The monoisotopic (exact) mass is 343 g/mol. The molecular weight excluding hydrogens is 322 g/mol.